The zero-order chi connectivity index (χ0) is 15.4. The van der Waals surface area contributed by atoms with Crippen molar-refractivity contribution in [1.82, 2.24) is 5.48 Å². The number of hydroxylamine groups is 1. The first kappa shape index (κ1) is 15.1. The molecule has 0 radical (unpaired) electrons. The van der Waals surface area contributed by atoms with Crippen molar-refractivity contribution in [3.8, 4) is 11.3 Å². The van der Waals surface area contributed by atoms with E-state index in [9.17, 15) is 4.79 Å². The van der Waals surface area contributed by atoms with Crippen LogP contribution in [0.5, 0.6) is 0 Å². The molecule has 1 saturated heterocycles. The topological polar surface area (TPSA) is 60.7 Å². The van der Waals surface area contributed by atoms with Crippen molar-refractivity contribution in [2.24, 2.45) is 0 Å². The summed E-state index contributed by atoms with van der Waals surface area (Å²) >= 11 is 6.11. The van der Waals surface area contributed by atoms with E-state index in [1.807, 2.05) is 18.2 Å². The summed E-state index contributed by atoms with van der Waals surface area (Å²) in [5.41, 5.74) is 3.09. The van der Waals surface area contributed by atoms with Crippen LogP contribution in [0, 0.1) is 0 Å². The molecule has 1 amide bonds. The first-order valence-corrected chi connectivity index (χ1v) is 7.54. The van der Waals surface area contributed by atoms with Crippen LogP contribution < -0.4 is 5.48 Å². The van der Waals surface area contributed by atoms with Crippen LogP contribution >= 0.6 is 11.6 Å². The lowest BCUT2D eigenvalue weighted by Crippen LogP contribution is -2.32. The monoisotopic (exact) mass is 321 g/mol. The first-order chi connectivity index (χ1) is 10.7. The Hall–Kier alpha value is -1.82. The predicted molar refractivity (Wildman–Crippen MR) is 81.3 cm³/mol. The fourth-order valence-electron chi connectivity index (χ4n) is 2.24. The van der Waals surface area contributed by atoms with Gasteiger partial charge in [-0.05, 0) is 37.1 Å². The zero-order valence-electron chi connectivity index (χ0n) is 11.9. The Kier molecular flexibility index (Phi) is 4.77. The maximum Gasteiger partial charge on any atom is 0.310 e. The molecule has 2 heterocycles. The second-order valence-corrected chi connectivity index (χ2v) is 5.40. The summed E-state index contributed by atoms with van der Waals surface area (Å²) in [5, 5.41) is 0.565. The Balaban J connectivity index is 1.63. The number of hydrogen-bond acceptors (Lipinski definition) is 4. The van der Waals surface area contributed by atoms with Gasteiger partial charge in [-0.15, -0.1) is 0 Å². The van der Waals surface area contributed by atoms with E-state index in [-0.39, 0.29) is 5.76 Å². The predicted octanol–water partition coefficient (Wildman–Crippen LogP) is 3.79. The molecule has 0 saturated carbocycles. The van der Waals surface area contributed by atoms with Crippen LogP contribution in [0.4, 0.5) is 0 Å². The second-order valence-electron chi connectivity index (χ2n) is 4.99. The average molecular weight is 322 g/mol. The summed E-state index contributed by atoms with van der Waals surface area (Å²) in [6, 6.07) is 10.6. The van der Waals surface area contributed by atoms with E-state index in [0.717, 1.165) is 24.8 Å². The van der Waals surface area contributed by atoms with Crippen molar-refractivity contribution >= 4 is 17.5 Å². The minimum absolute atomic E-state index is 0.158. The Bertz CT molecular complexity index is 649. The number of furan rings is 1. The summed E-state index contributed by atoms with van der Waals surface area (Å²) in [5.74, 6) is 0.239. The lowest BCUT2D eigenvalue weighted by molar-refractivity contribution is -0.187. The van der Waals surface area contributed by atoms with Crippen molar-refractivity contribution in [2.75, 3.05) is 6.61 Å². The van der Waals surface area contributed by atoms with Gasteiger partial charge in [-0.25, -0.2) is 10.3 Å². The van der Waals surface area contributed by atoms with Crippen molar-refractivity contribution < 1.29 is 18.8 Å². The lowest BCUT2D eigenvalue weighted by atomic mass is 10.2. The van der Waals surface area contributed by atoms with E-state index >= 15 is 0 Å². The van der Waals surface area contributed by atoms with Crippen LogP contribution in [0.25, 0.3) is 11.3 Å². The summed E-state index contributed by atoms with van der Waals surface area (Å²) in [6.45, 7) is 0.651. The van der Waals surface area contributed by atoms with Crippen LogP contribution in [0.1, 0.15) is 29.8 Å². The van der Waals surface area contributed by atoms with Crippen LogP contribution in [0.15, 0.2) is 40.8 Å². The number of nitrogens with one attached hydrogen (secondary N) is 1. The molecule has 22 heavy (non-hydrogen) atoms. The maximum atomic E-state index is 12.0. The molecular formula is C16H16ClNO4. The third-order valence-corrected chi connectivity index (χ3v) is 3.72. The smallest absolute Gasteiger partial charge is 0.310 e. The molecule has 0 unspecified atom stereocenters. The van der Waals surface area contributed by atoms with Gasteiger partial charge in [0.05, 0.1) is 5.02 Å². The summed E-state index contributed by atoms with van der Waals surface area (Å²) in [7, 11) is 0. The lowest BCUT2D eigenvalue weighted by Gasteiger charge is -2.21. The first-order valence-electron chi connectivity index (χ1n) is 7.16. The van der Waals surface area contributed by atoms with E-state index in [0.29, 0.717) is 17.4 Å². The number of carbonyl (C=O) groups excluding carboxylic acids is 1. The van der Waals surface area contributed by atoms with Gasteiger partial charge in [0, 0.05) is 18.6 Å². The van der Waals surface area contributed by atoms with Gasteiger partial charge in [0.25, 0.3) is 0 Å². The molecule has 116 valence electrons. The number of rotatable bonds is 4. The third-order valence-electron chi connectivity index (χ3n) is 3.39. The van der Waals surface area contributed by atoms with Crippen LogP contribution in [0.3, 0.4) is 0 Å². The Morgan fingerprint density at radius 3 is 2.86 bits per heavy atom. The van der Waals surface area contributed by atoms with Crippen LogP contribution in [-0.2, 0) is 9.57 Å². The quantitative estimate of drug-likeness (QED) is 0.870. The van der Waals surface area contributed by atoms with E-state index in [1.165, 1.54) is 0 Å². The molecule has 1 fully saturated rings. The third kappa shape index (κ3) is 3.50. The minimum Gasteiger partial charge on any atom is -0.451 e. The molecule has 0 bridgehead atoms. The van der Waals surface area contributed by atoms with E-state index in [4.69, 9.17) is 25.6 Å². The number of carbonyl (C=O) groups is 1. The van der Waals surface area contributed by atoms with E-state index in [1.54, 1.807) is 18.2 Å². The highest BCUT2D eigenvalue weighted by molar-refractivity contribution is 6.33. The Labute approximate surface area is 133 Å². The number of ether oxygens (including phenoxy) is 1. The van der Waals surface area contributed by atoms with E-state index < -0.39 is 12.2 Å². The van der Waals surface area contributed by atoms with Crippen LogP contribution in [0.2, 0.25) is 5.02 Å². The maximum absolute atomic E-state index is 12.0. The molecule has 1 aromatic carbocycles. The molecule has 1 aliphatic heterocycles. The van der Waals surface area contributed by atoms with Crippen molar-refractivity contribution in [3.63, 3.8) is 0 Å². The van der Waals surface area contributed by atoms with Gasteiger partial charge >= 0.3 is 5.91 Å². The van der Waals surface area contributed by atoms with Crippen molar-refractivity contribution in [1.29, 1.82) is 0 Å². The van der Waals surface area contributed by atoms with Gasteiger partial charge < -0.3 is 9.15 Å². The molecule has 1 atom stereocenters. The van der Waals surface area contributed by atoms with Gasteiger partial charge in [-0.3, -0.25) is 4.79 Å². The molecule has 5 nitrogen and oxygen atoms in total. The fraction of sp³-hybridized carbons (Fsp3) is 0.312. The highest BCUT2D eigenvalue weighted by Crippen LogP contribution is 2.29. The van der Waals surface area contributed by atoms with Gasteiger partial charge in [-0.1, -0.05) is 23.7 Å². The zero-order valence-corrected chi connectivity index (χ0v) is 12.6. The van der Waals surface area contributed by atoms with Crippen molar-refractivity contribution in [2.45, 2.75) is 25.6 Å². The highest BCUT2D eigenvalue weighted by Gasteiger charge is 2.18. The fourth-order valence-corrected chi connectivity index (χ4v) is 2.47. The molecule has 3 rings (SSSR count). The largest absolute Gasteiger partial charge is 0.451 e. The normalized spacial score (nSPS) is 18.1. The van der Waals surface area contributed by atoms with E-state index in [2.05, 4.69) is 5.48 Å². The molecule has 2 aromatic rings. The average Bonchev–Trinajstić information content (AvgIpc) is 3.04. The second kappa shape index (κ2) is 6.96. The molecule has 1 aromatic heterocycles. The summed E-state index contributed by atoms with van der Waals surface area (Å²) < 4.78 is 10.9. The molecule has 1 aliphatic rings. The molecule has 1 N–H and O–H groups in total. The minimum atomic E-state index is -0.451. The molecule has 6 heteroatoms. The number of hydrogen-bond donors (Lipinski definition) is 1. The molecule has 0 spiro atoms. The van der Waals surface area contributed by atoms with Crippen molar-refractivity contribution in [3.05, 3.63) is 47.2 Å². The Morgan fingerprint density at radius 2 is 2.09 bits per heavy atom. The van der Waals surface area contributed by atoms with Gasteiger partial charge in [0.15, 0.2) is 12.1 Å². The number of benzene rings is 1. The molecule has 0 aliphatic carbocycles. The van der Waals surface area contributed by atoms with Gasteiger partial charge in [-0.2, -0.15) is 0 Å². The molecular weight excluding hydrogens is 306 g/mol. The Morgan fingerprint density at radius 1 is 1.23 bits per heavy atom. The highest BCUT2D eigenvalue weighted by atomic mass is 35.5. The standard InChI is InChI=1S/C16H16ClNO4/c17-12-6-2-1-5-11(12)13-8-9-14(21-13)16(19)18-22-15-7-3-4-10-20-15/h1-2,5-6,8-9,15H,3-4,7,10H2,(H,18,19)/t15-/m0/s1. The van der Waals surface area contributed by atoms with Crippen LogP contribution in [-0.4, -0.2) is 18.8 Å². The van der Waals surface area contributed by atoms with Gasteiger partial charge in [0.1, 0.15) is 5.76 Å². The SMILES string of the molecule is O=C(NO[C@H]1CCCCO1)c1ccc(-c2ccccc2Cl)o1. The number of halogens is 1. The summed E-state index contributed by atoms with van der Waals surface area (Å²) in [6.07, 6.45) is 2.42. The number of amides is 1. The summed E-state index contributed by atoms with van der Waals surface area (Å²) in [4.78, 5) is 17.2. The van der Waals surface area contributed by atoms with Gasteiger partial charge in [0.2, 0.25) is 0 Å².